The van der Waals surface area contributed by atoms with Crippen molar-refractivity contribution in [1.29, 1.82) is 0 Å². The zero-order valence-corrected chi connectivity index (χ0v) is 11.5. The van der Waals surface area contributed by atoms with Crippen molar-refractivity contribution in [2.45, 2.75) is 12.2 Å². The first-order valence-electron chi connectivity index (χ1n) is 6.39. The van der Waals surface area contributed by atoms with Gasteiger partial charge in [0.05, 0.1) is 26.4 Å². The summed E-state index contributed by atoms with van der Waals surface area (Å²) < 4.78 is 15.1. The fourth-order valence-electron chi connectivity index (χ4n) is 1.09. The minimum atomic E-state index is 0.322. The first kappa shape index (κ1) is 15.9. The van der Waals surface area contributed by atoms with Crippen molar-refractivity contribution in [3.8, 4) is 5.75 Å². The Labute approximate surface area is 114 Å². The summed E-state index contributed by atoms with van der Waals surface area (Å²) in [6.07, 6.45) is 0.785. The number of hydrogen-bond acceptors (Lipinski definition) is 5. The monoisotopic (exact) mass is 269 g/mol. The fraction of sp³-hybridized carbons (Fsp3) is 0.571. The maximum absolute atomic E-state index is 8.63. The lowest BCUT2D eigenvalue weighted by atomic mass is 10.3. The van der Waals surface area contributed by atoms with Crippen LogP contribution in [-0.4, -0.2) is 57.8 Å². The topological polar surface area (TPSA) is 66.5 Å². The summed E-state index contributed by atoms with van der Waals surface area (Å²) in [5.41, 5.74) is 0. The first-order chi connectivity index (χ1) is 9.26. The van der Waals surface area contributed by atoms with Gasteiger partial charge in [0.15, 0.2) is 0 Å². The van der Waals surface area contributed by atoms with Crippen molar-refractivity contribution in [2.24, 2.45) is 0 Å². The molecule has 2 N–H and O–H groups in total. The van der Waals surface area contributed by atoms with Crippen LogP contribution in [0.3, 0.4) is 0 Å². The van der Waals surface area contributed by atoms with Crippen molar-refractivity contribution in [1.82, 2.24) is 5.32 Å². The van der Waals surface area contributed by atoms with Crippen molar-refractivity contribution >= 4 is 0 Å². The predicted octanol–water partition coefficient (Wildman–Crippen LogP) is 1.03. The largest absolute Gasteiger partial charge is 0.508 e. The molecular formula is C14H23NO4. The van der Waals surface area contributed by atoms with Gasteiger partial charge in [-0.2, -0.15) is 0 Å². The number of aromatic hydroxyl groups is 1. The third-order valence-corrected chi connectivity index (χ3v) is 2.17. The highest BCUT2D eigenvalue weighted by Gasteiger charge is 2.26. The van der Waals surface area contributed by atoms with Crippen LogP contribution in [-0.2, 0) is 14.2 Å². The third kappa shape index (κ3) is 10.5. The maximum Gasteiger partial charge on any atom is 0.115 e. The molecule has 3 rings (SSSR count). The average Bonchev–Trinajstić information content (AvgIpc) is 3.27. The molecule has 2 fully saturated rings. The minimum Gasteiger partial charge on any atom is -0.508 e. The van der Waals surface area contributed by atoms with E-state index in [9.17, 15) is 0 Å². The Hall–Kier alpha value is -1.14. The highest BCUT2D eigenvalue weighted by atomic mass is 16.6. The number of hydrogen-bond donors (Lipinski definition) is 2. The average molecular weight is 269 g/mol. The molecule has 5 heteroatoms. The Morgan fingerprint density at radius 3 is 1.79 bits per heavy atom. The van der Waals surface area contributed by atoms with E-state index in [-0.39, 0.29) is 0 Å². The zero-order valence-electron chi connectivity index (χ0n) is 11.5. The van der Waals surface area contributed by atoms with E-state index in [1.807, 2.05) is 20.2 Å². The second-order valence-corrected chi connectivity index (χ2v) is 4.28. The molecule has 2 aliphatic heterocycles. The molecule has 1 aromatic rings. The van der Waals surface area contributed by atoms with Crippen LogP contribution in [0.2, 0.25) is 0 Å². The summed E-state index contributed by atoms with van der Waals surface area (Å²) in [4.78, 5) is 0. The Morgan fingerprint density at radius 1 is 1.11 bits per heavy atom. The molecule has 108 valence electrons. The summed E-state index contributed by atoms with van der Waals surface area (Å²) in [7, 11) is 3.75. The second-order valence-electron chi connectivity index (χ2n) is 4.28. The van der Waals surface area contributed by atoms with E-state index in [0.29, 0.717) is 18.0 Å². The predicted molar refractivity (Wildman–Crippen MR) is 73.4 cm³/mol. The second kappa shape index (κ2) is 9.75. The lowest BCUT2D eigenvalue weighted by Gasteiger charge is -1.95. The van der Waals surface area contributed by atoms with Gasteiger partial charge in [0.1, 0.15) is 18.0 Å². The maximum atomic E-state index is 8.63. The Kier molecular flexibility index (Phi) is 8.16. The molecule has 19 heavy (non-hydrogen) atoms. The van der Waals surface area contributed by atoms with Gasteiger partial charge < -0.3 is 24.6 Å². The molecule has 5 nitrogen and oxygen atoms in total. The van der Waals surface area contributed by atoms with Gasteiger partial charge in [-0.05, 0) is 26.2 Å². The van der Waals surface area contributed by atoms with Crippen LogP contribution in [0, 0.1) is 0 Å². The molecule has 0 saturated carbocycles. The van der Waals surface area contributed by atoms with E-state index in [2.05, 4.69) is 5.32 Å². The molecule has 2 aliphatic rings. The van der Waals surface area contributed by atoms with Gasteiger partial charge in [0.25, 0.3) is 0 Å². The number of phenolic OH excluding ortho intramolecular Hbond substituents is 1. The van der Waals surface area contributed by atoms with Crippen molar-refractivity contribution in [2.75, 3.05) is 40.5 Å². The SMILES string of the molecule is C(OCC1CO1)C1CO1.CNC.Oc1ccccc1. The van der Waals surface area contributed by atoms with Crippen LogP contribution in [0.25, 0.3) is 0 Å². The Morgan fingerprint density at radius 2 is 1.53 bits per heavy atom. The molecular weight excluding hydrogens is 246 g/mol. The van der Waals surface area contributed by atoms with Gasteiger partial charge in [0, 0.05) is 0 Å². The quantitative estimate of drug-likeness (QED) is 0.799. The van der Waals surface area contributed by atoms with Crippen molar-refractivity contribution in [3.05, 3.63) is 30.3 Å². The lowest BCUT2D eigenvalue weighted by Crippen LogP contribution is -2.06. The van der Waals surface area contributed by atoms with Gasteiger partial charge in [0.2, 0.25) is 0 Å². The van der Waals surface area contributed by atoms with Gasteiger partial charge in [-0.25, -0.2) is 0 Å². The van der Waals surface area contributed by atoms with Crippen LogP contribution in [0.1, 0.15) is 0 Å². The molecule has 1 aromatic carbocycles. The van der Waals surface area contributed by atoms with Crippen molar-refractivity contribution in [3.63, 3.8) is 0 Å². The van der Waals surface area contributed by atoms with Gasteiger partial charge in [-0.3, -0.25) is 0 Å². The van der Waals surface area contributed by atoms with E-state index < -0.39 is 0 Å². The molecule has 2 heterocycles. The summed E-state index contributed by atoms with van der Waals surface area (Å²) in [5, 5.41) is 11.4. The lowest BCUT2D eigenvalue weighted by molar-refractivity contribution is 0.102. The molecule has 0 bridgehead atoms. The van der Waals surface area contributed by atoms with E-state index in [1.54, 1.807) is 24.3 Å². The van der Waals surface area contributed by atoms with E-state index in [4.69, 9.17) is 19.3 Å². The summed E-state index contributed by atoms with van der Waals surface area (Å²) in [6.45, 7) is 3.26. The summed E-state index contributed by atoms with van der Waals surface area (Å²) in [5.74, 6) is 0.322. The molecule has 0 radical (unpaired) electrons. The van der Waals surface area contributed by atoms with Crippen LogP contribution in [0.4, 0.5) is 0 Å². The normalized spacial score (nSPS) is 22.4. The first-order valence-corrected chi connectivity index (χ1v) is 6.39. The smallest absolute Gasteiger partial charge is 0.115 e. The van der Waals surface area contributed by atoms with Crippen LogP contribution >= 0.6 is 0 Å². The Bertz CT molecular complexity index is 300. The number of phenols is 1. The zero-order chi connectivity index (χ0) is 13.9. The Balaban J connectivity index is 0.000000162. The molecule has 2 atom stereocenters. The van der Waals surface area contributed by atoms with Crippen LogP contribution in [0.5, 0.6) is 5.75 Å². The van der Waals surface area contributed by atoms with E-state index in [1.165, 1.54) is 0 Å². The van der Waals surface area contributed by atoms with Crippen LogP contribution in [0.15, 0.2) is 30.3 Å². The highest BCUT2D eigenvalue weighted by molar-refractivity contribution is 5.18. The summed E-state index contributed by atoms with van der Waals surface area (Å²) in [6, 6.07) is 8.71. The summed E-state index contributed by atoms with van der Waals surface area (Å²) >= 11 is 0. The minimum absolute atomic E-state index is 0.322. The molecule has 0 aromatic heterocycles. The fourth-order valence-corrected chi connectivity index (χ4v) is 1.09. The van der Waals surface area contributed by atoms with Crippen molar-refractivity contribution < 1.29 is 19.3 Å². The van der Waals surface area contributed by atoms with Gasteiger partial charge >= 0.3 is 0 Å². The molecule has 0 aliphatic carbocycles. The number of epoxide rings is 2. The number of nitrogens with one attached hydrogen (secondary N) is 1. The van der Waals surface area contributed by atoms with Gasteiger partial charge in [-0.15, -0.1) is 0 Å². The molecule has 2 saturated heterocycles. The third-order valence-electron chi connectivity index (χ3n) is 2.17. The molecule has 0 spiro atoms. The number of rotatable bonds is 4. The standard InChI is InChI=1S/C6H10O3.C6H6O.C2H7N/c1(5-3-8-5)7-2-6-4-9-6;7-6-4-2-1-3-5-6;1-3-2/h5-6H,1-4H2;1-5,7H;3H,1-2H3. The molecule has 0 amide bonds. The number of ether oxygens (including phenoxy) is 3. The molecule has 2 unspecified atom stereocenters. The number of benzene rings is 1. The van der Waals surface area contributed by atoms with Gasteiger partial charge in [-0.1, -0.05) is 18.2 Å². The van der Waals surface area contributed by atoms with Crippen LogP contribution < -0.4 is 5.32 Å². The number of para-hydroxylation sites is 1. The van der Waals surface area contributed by atoms with E-state index >= 15 is 0 Å². The highest BCUT2D eigenvalue weighted by Crippen LogP contribution is 2.12. The van der Waals surface area contributed by atoms with E-state index in [0.717, 1.165) is 26.4 Å².